The van der Waals surface area contributed by atoms with Crippen molar-refractivity contribution in [3.05, 3.63) is 107 Å². The summed E-state index contributed by atoms with van der Waals surface area (Å²) in [4.78, 5) is 76.7. The molecule has 3 fully saturated rings. The molecule has 3 saturated heterocycles. The maximum absolute atomic E-state index is 14.9. The molecule has 0 bridgehead atoms. The Morgan fingerprint density at radius 3 is 2.47 bits per heavy atom. The molecule has 20 heteroatoms. The van der Waals surface area contributed by atoms with Crippen LogP contribution >= 0.6 is 0 Å². The first kappa shape index (κ1) is 51.4. The number of anilines is 2. The molecule has 4 N–H and O–H groups in total. The third kappa shape index (κ3) is 11.8. The van der Waals surface area contributed by atoms with Gasteiger partial charge in [0.25, 0.3) is 11.8 Å². The number of halogens is 2. The van der Waals surface area contributed by atoms with E-state index in [9.17, 15) is 38.0 Å². The summed E-state index contributed by atoms with van der Waals surface area (Å²) < 4.78 is 36.6. The van der Waals surface area contributed by atoms with Gasteiger partial charge in [-0.25, -0.2) is 18.3 Å². The summed E-state index contributed by atoms with van der Waals surface area (Å²) >= 11 is 0. The van der Waals surface area contributed by atoms with Crippen LogP contribution in [-0.4, -0.2) is 142 Å². The van der Waals surface area contributed by atoms with E-state index in [1.54, 1.807) is 21.8 Å². The van der Waals surface area contributed by atoms with Crippen LogP contribution in [0, 0.1) is 23.0 Å². The molecule has 0 aliphatic carbocycles. The van der Waals surface area contributed by atoms with E-state index in [2.05, 4.69) is 42.2 Å². The molecule has 18 nitrogen and oxygen atoms in total. The zero-order valence-corrected chi connectivity index (χ0v) is 41.6. The van der Waals surface area contributed by atoms with Crippen LogP contribution in [0.25, 0.3) is 16.6 Å². The number of ether oxygens (including phenoxy) is 1. The van der Waals surface area contributed by atoms with E-state index in [1.807, 2.05) is 48.2 Å². The molecule has 1 atom stereocenters. The van der Waals surface area contributed by atoms with Crippen molar-refractivity contribution in [2.75, 3.05) is 82.3 Å². The molecule has 4 aliphatic heterocycles. The zero-order valence-electron chi connectivity index (χ0n) is 41.6. The minimum Gasteiger partial charge on any atom is -0.492 e. The number of amides is 5. The van der Waals surface area contributed by atoms with E-state index in [1.165, 1.54) is 6.20 Å². The molecule has 7 heterocycles. The van der Waals surface area contributed by atoms with Crippen molar-refractivity contribution in [2.24, 2.45) is 0 Å². The zero-order chi connectivity index (χ0) is 51.8. The van der Waals surface area contributed by atoms with Crippen LogP contribution in [0.3, 0.4) is 0 Å². The molecule has 74 heavy (non-hydrogen) atoms. The Morgan fingerprint density at radius 1 is 0.905 bits per heavy atom. The number of carbonyl (C=O) groups excluding carboxylic acids is 5. The first-order valence-electron chi connectivity index (χ1n) is 25.7. The first-order valence-corrected chi connectivity index (χ1v) is 25.7. The average molecular weight is 1010 g/mol. The average Bonchev–Trinajstić information content (AvgIpc) is 3.97. The molecule has 5 aromatic rings. The van der Waals surface area contributed by atoms with Gasteiger partial charge in [0.05, 0.1) is 41.2 Å². The summed E-state index contributed by atoms with van der Waals surface area (Å²) in [5.41, 5.74) is 3.80. The summed E-state index contributed by atoms with van der Waals surface area (Å²) in [7, 11) is 0. The van der Waals surface area contributed by atoms with Crippen LogP contribution in [-0.2, 0) is 20.9 Å². The van der Waals surface area contributed by atoms with Gasteiger partial charge in [0.2, 0.25) is 17.7 Å². The van der Waals surface area contributed by atoms with Crippen LogP contribution in [0.5, 0.6) is 5.75 Å². The molecule has 9 rings (SSSR count). The third-order valence-corrected chi connectivity index (χ3v) is 14.6. The van der Waals surface area contributed by atoms with Gasteiger partial charge >= 0.3 is 0 Å². The van der Waals surface area contributed by atoms with Gasteiger partial charge in [0, 0.05) is 107 Å². The Bertz CT molecular complexity index is 2930. The maximum Gasteiger partial charge on any atom is 0.255 e. The van der Waals surface area contributed by atoms with E-state index >= 15 is 0 Å². The minimum absolute atomic E-state index is 0.129. The number of hydrogen-bond donors (Lipinski definition) is 4. The molecule has 5 amide bonds. The van der Waals surface area contributed by atoms with Gasteiger partial charge in [-0.3, -0.25) is 34.2 Å². The van der Waals surface area contributed by atoms with Crippen LogP contribution in [0.2, 0.25) is 0 Å². The van der Waals surface area contributed by atoms with E-state index in [-0.39, 0.29) is 29.7 Å². The smallest absolute Gasteiger partial charge is 0.255 e. The highest BCUT2D eigenvalue weighted by molar-refractivity contribution is 6.05. The second kappa shape index (κ2) is 23.1. The molecule has 3 aromatic heterocycles. The number of piperazine rings is 1. The number of piperidine rings is 2. The fraction of sp³-hybridized carbons (Fsp3) is 0.444. The van der Waals surface area contributed by atoms with Gasteiger partial charge in [-0.05, 0) is 99.7 Å². The monoisotopic (exact) mass is 1010 g/mol. The predicted octanol–water partition coefficient (Wildman–Crippen LogP) is 5.27. The Morgan fingerprint density at radius 2 is 1.72 bits per heavy atom. The highest BCUT2D eigenvalue weighted by Gasteiger charge is 2.41. The van der Waals surface area contributed by atoms with Crippen LogP contribution < -0.4 is 30.9 Å². The van der Waals surface area contributed by atoms with Gasteiger partial charge in [0.15, 0.2) is 0 Å². The Kier molecular flexibility index (Phi) is 16.1. The lowest BCUT2D eigenvalue weighted by molar-refractivity contribution is -0.137. The lowest BCUT2D eigenvalue weighted by atomic mass is 9.86. The number of rotatable bonds is 20. The maximum atomic E-state index is 14.9. The Hall–Kier alpha value is -7.50. The quantitative estimate of drug-likeness (QED) is 0.0580. The largest absolute Gasteiger partial charge is 0.492 e. The lowest BCUT2D eigenvalue weighted by Gasteiger charge is -2.46. The van der Waals surface area contributed by atoms with Crippen molar-refractivity contribution in [3.63, 3.8) is 0 Å². The number of carbonyl (C=O) groups is 5. The number of nitrogens with one attached hydrogen (secondary N) is 4. The van der Waals surface area contributed by atoms with E-state index in [4.69, 9.17) is 9.72 Å². The van der Waals surface area contributed by atoms with Crippen molar-refractivity contribution in [2.45, 2.75) is 82.8 Å². The number of hydrogen-bond acceptors (Lipinski definition) is 13. The number of unbranched alkanes of at least 4 members (excludes halogenated alkanes) is 3. The number of nitrogens with zero attached hydrogens (tertiary/aromatic N) is 8. The standard InChI is InChI=1S/C54H62F2N12O6/c1-2-74-41-29-42(50-38(30-57)32-61-68(50)34-41)36-9-14-47(60-31-36)65-21-16-54(17-22-65,63-51(71)44-27-39(55)10-12-45(44)56)35-64-23-25-66(26-24-64)49(70)7-5-3-4-6-18-58-19-20-59-40-11-8-37-33-67(53(73)43(37)28-40)46-13-15-48(69)62-52(46)72/h8-12,14,27-29,31-32,34,46,58-59H,2-7,13,15-26,33,35H2,1H3,(H,63,71)(H,62,69,72)/t46-/m1/s1. The van der Waals surface area contributed by atoms with Crippen molar-refractivity contribution in [1.82, 2.24) is 45.2 Å². The SMILES string of the molecule is CCOc1cc(-c2ccc(N3CCC(CN4CCN(C(=O)CCCCCCNCCNc5ccc6c(c5)C(=O)N([C@@H]5CCC(=O)NC5=O)C6)CC4)(NC(=O)c4cc(F)ccc4F)CC3)nc2)c2c(C#N)cnn2c1. The van der Waals surface area contributed by atoms with Crippen LogP contribution in [0.1, 0.15) is 96.6 Å². The van der Waals surface area contributed by atoms with Gasteiger partial charge in [-0.15, -0.1) is 0 Å². The predicted molar refractivity (Wildman–Crippen MR) is 272 cm³/mol. The van der Waals surface area contributed by atoms with E-state index in [0.717, 1.165) is 85.2 Å². The van der Waals surface area contributed by atoms with Gasteiger partial charge < -0.3 is 35.4 Å². The number of nitriles is 1. The highest BCUT2D eigenvalue weighted by atomic mass is 19.1. The van der Waals surface area contributed by atoms with Crippen molar-refractivity contribution < 1.29 is 37.5 Å². The first-order chi connectivity index (χ1) is 35.9. The lowest BCUT2D eigenvalue weighted by Crippen LogP contribution is -2.62. The summed E-state index contributed by atoms with van der Waals surface area (Å²) in [5.74, 6) is -1.62. The van der Waals surface area contributed by atoms with E-state index < -0.39 is 35.0 Å². The molecule has 0 saturated carbocycles. The summed E-state index contributed by atoms with van der Waals surface area (Å²) in [5, 5.41) is 26.4. The van der Waals surface area contributed by atoms with Crippen LogP contribution in [0.15, 0.2) is 73.2 Å². The molecule has 0 radical (unpaired) electrons. The van der Waals surface area contributed by atoms with Gasteiger partial charge in [0.1, 0.15) is 35.3 Å². The van der Waals surface area contributed by atoms with Crippen LogP contribution in [0.4, 0.5) is 20.3 Å². The minimum atomic E-state index is -0.798. The van der Waals surface area contributed by atoms with Crippen molar-refractivity contribution in [1.29, 1.82) is 5.26 Å². The molecule has 0 spiro atoms. The Labute approximate surface area is 428 Å². The third-order valence-electron chi connectivity index (χ3n) is 14.6. The van der Waals surface area contributed by atoms with Crippen molar-refractivity contribution >= 4 is 46.6 Å². The molecule has 4 aliphatic rings. The normalized spacial score (nSPS) is 17.8. The fourth-order valence-electron chi connectivity index (χ4n) is 10.5. The summed E-state index contributed by atoms with van der Waals surface area (Å²) in [6, 6.07) is 15.9. The van der Waals surface area contributed by atoms with Crippen molar-refractivity contribution in [3.8, 4) is 22.9 Å². The molecule has 2 aromatic carbocycles. The number of benzene rings is 2. The van der Waals surface area contributed by atoms with Gasteiger partial charge in [-0.2, -0.15) is 10.4 Å². The fourth-order valence-corrected chi connectivity index (χ4v) is 10.5. The topological polar surface area (TPSA) is 210 Å². The summed E-state index contributed by atoms with van der Waals surface area (Å²) in [6.45, 7) is 8.83. The Balaban J connectivity index is 0.706. The summed E-state index contributed by atoms with van der Waals surface area (Å²) in [6.07, 6.45) is 10.8. The number of aromatic nitrogens is 3. The number of imide groups is 1. The highest BCUT2D eigenvalue weighted by Crippen LogP contribution is 2.34. The molecule has 0 unspecified atom stereocenters. The molecule has 388 valence electrons. The second-order valence-electron chi connectivity index (χ2n) is 19.5. The van der Waals surface area contributed by atoms with Gasteiger partial charge in [-0.1, -0.05) is 18.9 Å². The number of fused-ring (bicyclic) bond motifs is 2. The van der Waals surface area contributed by atoms with E-state index in [0.29, 0.717) is 114 Å². The molecular formula is C54H62F2N12O6. The molecular weight excluding hydrogens is 951 g/mol. The number of pyridine rings is 2. The second-order valence-corrected chi connectivity index (χ2v) is 19.5.